The molecule has 1 aromatic heterocycles. The van der Waals surface area contributed by atoms with Crippen molar-refractivity contribution in [3.8, 4) is 17.4 Å². The number of sulfonamides is 1. The molecule has 0 bridgehead atoms. The molecule has 3 rings (SSSR count). The van der Waals surface area contributed by atoms with Crippen LogP contribution in [0.2, 0.25) is 5.02 Å². The van der Waals surface area contributed by atoms with Gasteiger partial charge in [0.25, 0.3) is 10.0 Å². The highest BCUT2D eigenvalue weighted by Crippen LogP contribution is 2.32. The fraction of sp³-hybridized carbons (Fsp3) is 0.227. The Morgan fingerprint density at radius 2 is 1.57 bits per heavy atom. The van der Waals surface area contributed by atoms with E-state index in [1.165, 1.54) is 12.3 Å². The minimum absolute atomic E-state index is 0.0774. The van der Waals surface area contributed by atoms with Gasteiger partial charge in [-0.2, -0.15) is 0 Å². The molecule has 0 radical (unpaired) electrons. The van der Waals surface area contributed by atoms with Crippen LogP contribution < -0.4 is 14.2 Å². The van der Waals surface area contributed by atoms with Crippen LogP contribution in [-0.4, -0.2) is 20.5 Å². The molecule has 0 unspecified atom stereocenters. The molecule has 2 aromatic carbocycles. The Bertz CT molecular complexity index is 1120. The van der Waals surface area contributed by atoms with E-state index in [-0.39, 0.29) is 26.9 Å². The zero-order valence-electron chi connectivity index (χ0n) is 17.1. The smallest absolute Gasteiger partial charge is 0.262 e. The SMILES string of the molecule is COc1ccc(Oc2ncc(Cl)cc2NS(=O)(=O)c2ccc(C(C)(C)C)cc2)cc1. The maximum absolute atomic E-state index is 12.9. The average molecular weight is 447 g/mol. The standard InChI is InChI=1S/C22H23ClN2O4S/c1-22(2,3)15-5-11-19(12-6-15)30(26,27)25-20-13-16(23)14-24-21(20)29-18-9-7-17(28-4)8-10-18/h5-14,25H,1-4H3. The van der Waals surface area contributed by atoms with Crippen molar-refractivity contribution < 1.29 is 17.9 Å². The number of nitrogens with zero attached hydrogens (tertiary/aromatic N) is 1. The van der Waals surface area contributed by atoms with Gasteiger partial charge >= 0.3 is 0 Å². The summed E-state index contributed by atoms with van der Waals surface area (Å²) in [5, 5.41) is 0.276. The van der Waals surface area contributed by atoms with E-state index in [0.29, 0.717) is 11.5 Å². The van der Waals surface area contributed by atoms with E-state index in [2.05, 4.69) is 30.5 Å². The van der Waals surface area contributed by atoms with Crippen molar-refractivity contribution in [3.63, 3.8) is 0 Å². The topological polar surface area (TPSA) is 77.5 Å². The van der Waals surface area contributed by atoms with Gasteiger partial charge in [-0.25, -0.2) is 13.4 Å². The molecule has 1 N–H and O–H groups in total. The highest BCUT2D eigenvalue weighted by Gasteiger charge is 2.20. The Labute approximate surface area is 181 Å². The summed E-state index contributed by atoms with van der Waals surface area (Å²) in [6.45, 7) is 6.19. The molecule has 158 valence electrons. The normalized spacial score (nSPS) is 11.8. The molecule has 0 saturated carbocycles. The third kappa shape index (κ3) is 5.23. The summed E-state index contributed by atoms with van der Waals surface area (Å²) >= 11 is 6.04. The molecule has 8 heteroatoms. The molecule has 0 spiro atoms. The second kappa shape index (κ2) is 8.53. The number of halogens is 1. The third-order valence-corrected chi connectivity index (χ3v) is 5.95. The van der Waals surface area contributed by atoms with E-state index in [9.17, 15) is 8.42 Å². The molecule has 0 amide bonds. The number of anilines is 1. The second-order valence-electron chi connectivity index (χ2n) is 7.66. The number of nitrogens with one attached hydrogen (secondary N) is 1. The molecular formula is C22H23ClN2O4S. The number of hydrogen-bond acceptors (Lipinski definition) is 5. The summed E-state index contributed by atoms with van der Waals surface area (Å²) in [6, 6.07) is 15.1. The van der Waals surface area contributed by atoms with Crippen molar-refractivity contribution in [2.75, 3.05) is 11.8 Å². The lowest BCUT2D eigenvalue weighted by molar-refractivity contribution is 0.412. The molecule has 1 heterocycles. The number of pyridine rings is 1. The molecule has 3 aromatic rings. The van der Waals surface area contributed by atoms with Crippen LogP contribution >= 0.6 is 11.6 Å². The fourth-order valence-electron chi connectivity index (χ4n) is 2.67. The second-order valence-corrected chi connectivity index (χ2v) is 9.78. The van der Waals surface area contributed by atoms with Gasteiger partial charge in [-0.1, -0.05) is 44.5 Å². The first-order valence-corrected chi connectivity index (χ1v) is 11.1. The summed E-state index contributed by atoms with van der Waals surface area (Å²) in [7, 11) is -2.30. The van der Waals surface area contributed by atoms with Gasteiger partial charge in [0.2, 0.25) is 5.88 Å². The minimum atomic E-state index is -3.87. The summed E-state index contributed by atoms with van der Waals surface area (Å²) in [6.07, 6.45) is 1.39. The largest absolute Gasteiger partial charge is 0.497 e. The summed E-state index contributed by atoms with van der Waals surface area (Å²) < 4.78 is 39.2. The van der Waals surface area contributed by atoms with E-state index >= 15 is 0 Å². The Balaban J connectivity index is 1.88. The van der Waals surface area contributed by atoms with Gasteiger partial charge in [0.1, 0.15) is 17.2 Å². The molecular weight excluding hydrogens is 424 g/mol. The zero-order chi connectivity index (χ0) is 21.9. The highest BCUT2D eigenvalue weighted by atomic mass is 35.5. The lowest BCUT2D eigenvalue weighted by Crippen LogP contribution is -2.15. The van der Waals surface area contributed by atoms with Gasteiger partial charge in [-0.05, 0) is 53.4 Å². The van der Waals surface area contributed by atoms with Crippen molar-refractivity contribution in [1.29, 1.82) is 0 Å². The number of rotatable bonds is 6. The van der Waals surface area contributed by atoms with Crippen LogP contribution in [0.4, 0.5) is 5.69 Å². The van der Waals surface area contributed by atoms with Crippen LogP contribution in [0, 0.1) is 0 Å². The van der Waals surface area contributed by atoms with E-state index < -0.39 is 10.0 Å². The average Bonchev–Trinajstić information content (AvgIpc) is 2.70. The molecule has 0 saturated heterocycles. The molecule has 6 nitrogen and oxygen atoms in total. The monoisotopic (exact) mass is 446 g/mol. The van der Waals surface area contributed by atoms with Gasteiger partial charge < -0.3 is 9.47 Å². The number of aromatic nitrogens is 1. The number of hydrogen-bond donors (Lipinski definition) is 1. The summed E-state index contributed by atoms with van der Waals surface area (Å²) in [5.41, 5.74) is 1.10. The van der Waals surface area contributed by atoms with Crippen molar-refractivity contribution in [2.45, 2.75) is 31.1 Å². The predicted octanol–water partition coefficient (Wildman–Crippen LogP) is 5.63. The van der Waals surface area contributed by atoms with Gasteiger partial charge in [0, 0.05) is 6.20 Å². The van der Waals surface area contributed by atoms with Crippen LogP contribution in [0.15, 0.2) is 65.7 Å². The Hall–Kier alpha value is -2.77. The van der Waals surface area contributed by atoms with Crippen molar-refractivity contribution >= 4 is 27.3 Å². The van der Waals surface area contributed by atoms with Gasteiger partial charge in [-0.3, -0.25) is 4.72 Å². The zero-order valence-corrected chi connectivity index (χ0v) is 18.7. The van der Waals surface area contributed by atoms with Crippen LogP contribution in [0.1, 0.15) is 26.3 Å². The quantitative estimate of drug-likeness (QED) is 0.530. The molecule has 0 aliphatic heterocycles. The first-order chi connectivity index (χ1) is 14.1. The van der Waals surface area contributed by atoms with E-state index in [0.717, 1.165) is 5.56 Å². The van der Waals surface area contributed by atoms with E-state index in [4.69, 9.17) is 21.1 Å². The van der Waals surface area contributed by atoms with Crippen molar-refractivity contribution in [2.24, 2.45) is 0 Å². The molecule has 0 aliphatic rings. The Morgan fingerprint density at radius 3 is 2.13 bits per heavy atom. The maximum Gasteiger partial charge on any atom is 0.262 e. The van der Waals surface area contributed by atoms with Gasteiger partial charge in [0.05, 0.1) is 17.0 Å². The third-order valence-electron chi connectivity index (χ3n) is 4.37. The van der Waals surface area contributed by atoms with Gasteiger partial charge in [0.15, 0.2) is 0 Å². The lowest BCUT2D eigenvalue weighted by Gasteiger charge is -2.19. The Morgan fingerprint density at radius 1 is 0.967 bits per heavy atom. The van der Waals surface area contributed by atoms with Gasteiger partial charge in [-0.15, -0.1) is 0 Å². The Kier molecular flexibility index (Phi) is 6.24. The van der Waals surface area contributed by atoms with Crippen LogP contribution in [0.25, 0.3) is 0 Å². The van der Waals surface area contributed by atoms with E-state index in [1.807, 2.05) is 0 Å². The summed E-state index contributed by atoms with van der Waals surface area (Å²) in [4.78, 5) is 4.26. The van der Waals surface area contributed by atoms with Crippen LogP contribution in [0.5, 0.6) is 17.4 Å². The molecule has 0 atom stereocenters. The van der Waals surface area contributed by atoms with Crippen molar-refractivity contribution in [1.82, 2.24) is 4.98 Å². The van der Waals surface area contributed by atoms with Crippen LogP contribution in [0.3, 0.4) is 0 Å². The number of benzene rings is 2. The highest BCUT2D eigenvalue weighted by molar-refractivity contribution is 7.92. The predicted molar refractivity (Wildman–Crippen MR) is 118 cm³/mol. The van der Waals surface area contributed by atoms with Crippen LogP contribution in [-0.2, 0) is 15.4 Å². The fourth-order valence-corrected chi connectivity index (χ4v) is 3.88. The molecule has 0 fully saturated rings. The number of ether oxygens (including phenoxy) is 2. The minimum Gasteiger partial charge on any atom is -0.497 e. The lowest BCUT2D eigenvalue weighted by atomic mass is 9.87. The van der Waals surface area contributed by atoms with Crippen molar-refractivity contribution in [3.05, 3.63) is 71.4 Å². The maximum atomic E-state index is 12.9. The number of methoxy groups -OCH3 is 1. The molecule has 30 heavy (non-hydrogen) atoms. The first-order valence-electron chi connectivity index (χ1n) is 9.19. The molecule has 0 aliphatic carbocycles. The first kappa shape index (κ1) is 21.9. The summed E-state index contributed by atoms with van der Waals surface area (Å²) in [5.74, 6) is 1.23. The van der Waals surface area contributed by atoms with E-state index in [1.54, 1.807) is 55.6 Å².